The first-order valence-electron chi connectivity index (χ1n) is 10.5. The minimum atomic E-state index is -1.02. The number of carbonyl (C=O) groups is 2. The predicted molar refractivity (Wildman–Crippen MR) is 112 cm³/mol. The molecule has 0 aliphatic carbocycles. The van der Waals surface area contributed by atoms with Crippen molar-refractivity contribution in [2.45, 2.75) is 37.4 Å². The molecule has 1 aromatic carbocycles. The van der Waals surface area contributed by atoms with Crippen LogP contribution in [0.3, 0.4) is 0 Å². The molecule has 0 bridgehead atoms. The highest BCUT2D eigenvalue weighted by atomic mass is 35.5. The van der Waals surface area contributed by atoms with Gasteiger partial charge in [0.2, 0.25) is 5.43 Å². The van der Waals surface area contributed by atoms with E-state index in [9.17, 15) is 28.3 Å². The van der Waals surface area contributed by atoms with Gasteiger partial charge in [-0.25, -0.2) is 8.78 Å². The highest BCUT2D eigenvalue weighted by Crippen LogP contribution is 2.47. The minimum Gasteiger partial charge on any atom is -0.503 e. The van der Waals surface area contributed by atoms with Gasteiger partial charge in [-0.1, -0.05) is 17.7 Å². The van der Waals surface area contributed by atoms with Crippen molar-refractivity contribution in [3.63, 3.8) is 0 Å². The summed E-state index contributed by atoms with van der Waals surface area (Å²) in [6, 6.07) is 1.73. The number of aromatic nitrogens is 1. The third-order valence-corrected chi connectivity index (χ3v) is 7.17. The van der Waals surface area contributed by atoms with Gasteiger partial charge >= 0.3 is 0 Å². The summed E-state index contributed by atoms with van der Waals surface area (Å²) in [7, 11) is 0. The molecule has 0 unspecified atom stereocenters. The molecule has 4 heterocycles. The molecule has 2 saturated heterocycles. The standard InChI is InChI=1S/C22H20ClF2N3O5/c23-15-13(24)4-3-11(16(15)25)7-26-20(31)12-8-27-14-9-33-10-22(14)5-1-2-6-28(22)21(32)17(27)19(30)18(12)29/h3-4,8,14,30H,1-2,5-7,9-10H2,(H,26,31)/t14-,22+/m0/s1. The van der Waals surface area contributed by atoms with Crippen molar-refractivity contribution in [2.24, 2.45) is 0 Å². The molecule has 2 atom stereocenters. The van der Waals surface area contributed by atoms with Gasteiger partial charge in [-0.15, -0.1) is 0 Å². The number of aromatic hydroxyl groups is 1. The minimum absolute atomic E-state index is 0.0757. The van der Waals surface area contributed by atoms with E-state index in [1.807, 2.05) is 0 Å². The van der Waals surface area contributed by atoms with Crippen LogP contribution in [0.4, 0.5) is 8.78 Å². The zero-order chi connectivity index (χ0) is 23.5. The van der Waals surface area contributed by atoms with Gasteiger partial charge in [0.15, 0.2) is 11.4 Å². The molecule has 2 fully saturated rings. The molecule has 3 aliphatic heterocycles. The number of piperidine rings is 1. The third kappa shape index (κ3) is 3.15. The summed E-state index contributed by atoms with van der Waals surface area (Å²) in [6.45, 7) is 0.734. The van der Waals surface area contributed by atoms with Crippen LogP contribution in [-0.2, 0) is 11.3 Å². The van der Waals surface area contributed by atoms with Crippen molar-refractivity contribution in [1.82, 2.24) is 14.8 Å². The van der Waals surface area contributed by atoms with Crippen molar-refractivity contribution in [2.75, 3.05) is 19.8 Å². The second kappa shape index (κ2) is 7.81. The van der Waals surface area contributed by atoms with E-state index in [1.165, 1.54) is 10.8 Å². The van der Waals surface area contributed by atoms with Gasteiger partial charge in [0.25, 0.3) is 11.8 Å². The van der Waals surface area contributed by atoms with E-state index in [0.717, 1.165) is 25.0 Å². The van der Waals surface area contributed by atoms with Crippen molar-refractivity contribution in [3.8, 4) is 5.75 Å². The summed E-state index contributed by atoms with van der Waals surface area (Å²) in [6.07, 6.45) is 3.69. The lowest BCUT2D eigenvalue weighted by atomic mass is 9.80. The first-order chi connectivity index (χ1) is 15.8. The van der Waals surface area contributed by atoms with Crippen LogP contribution >= 0.6 is 11.6 Å². The normalized spacial score (nSPS) is 23.7. The van der Waals surface area contributed by atoms with Crippen molar-refractivity contribution < 1.29 is 28.2 Å². The molecule has 2 N–H and O–H groups in total. The van der Waals surface area contributed by atoms with E-state index in [-0.39, 0.29) is 30.5 Å². The number of carbonyl (C=O) groups excluding carboxylic acids is 2. The fourth-order valence-corrected chi connectivity index (χ4v) is 5.32. The van der Waals surface area contributed by atoms with Crippen molar-refractivity contribution in [1.29, 1.82) is 0 Å². The lowest BCUT2D eigenvalue weighted by Crippen LogP contribution is -2.63. The van der Waals surface area contributed by atoms with Gasteiger partial charge in [0, 0.05) is 24.8 Å². The zero-order valence-electron chi connectivity index (χ0n) is 17.4. The molecule has 174 valence electrons. The highest BCUT2D eigenvalue weighted by Gasteiger charge is 2.56. The number of nitrogens with zero attached hydrogens (tertiary/aromatic N) is 2. The number of nitrogens with one attached hydrogen (secondary N) is 1. The van der Waals surface area contributed by atoms with Crippen LogP contribution in [-0.4, -0.2) is 51.7 Å². The number of pyridine rings is 1. The summed E-state index contributed by atoms with van der Waals surface area (Å²) in [5.74, 6) is -4.11. The molecule has 1 aromatic heterocycles. The van der Waals surface area contributed by atoms with E-state index < -0.39 is 50.8 Å². The second-order valence-electron chi connectivity index (χ2n) is 8.54. The fourth-order valence-electron chi connectivity index (χ4n) is 5.14. The van der Waals surface area contributed by atoms with Crippen molar-refractivity contribution in [3.05, 3.63) is 62.0 Å². The van der Waals surface area contributed by atoms with Gasteiger partial charge in [-0.2, -0.15) is 0 Å². The Morgan fingerprint density at radius 1 is 1.30 bits per heavy atom. The second-order valence-corrected chi connectivity index (χ2v) is 8.92. The Kier molecular flexibility index (Phi) is 5.17. The number of benzene rings is 1. The van der Waals surface area contributed by atoms with Crippen LogP contribution in [0.1, 0.15) is 51.7 Å². The Labute approximate surface area is 191 Å². The summed E-state index contributed by atoms with van der Waals surface area (Å²) < 4.78 is 34.7. The summed E-state index contributed by atoms with van der Waals surface area (Å²) in [5.41, 5.74) is -2.24. The van der Waals surface area contributed by atoms with Crippen LogP contribution in [0.15, 0.2) is 23.1 Å². The number of halogens is 3. The number of rotatable bonds is 3. The Hall–Kier alpha value is -2.98. The molecule has 2 aromatic rings. The molecule has 33 heavy (non-hydrogen) atoms. The van der Waals surface area contributed by atoms with Gasteiger partial charge in [0.05, 0.1) is 24.8 Å². The largest absolute Gasteiger partial charge is 0.503 e. The summed E-state index contributed by atoms with van der Waals surface area (Å²) >= 11 is 5.56. The number of fused-ring (bicyclic) bond motifs is 2. The summed E-state index contributed by atoms with van der Waals surface area (Å²) in [5, 5.41) is 12.3. The van der Waals surface area contributed by atoms with Crippen molar-refractivity contribution >= 4 is 23.4 Å². The lowest BCUT2D eigenvalue weighted by Gasteiger charge is -2.51. The maximum absolute atomic E-state index is 14.1. The van der Waals surface area contributed by atoms with Gasteiger partial charge in [0.1, 0.15) is 22.2 Å². The molecular formula is C22H20ClF2N3O5. The zero-order valence-corrected chi connectivity index (χ0v) is 18.1. The van der Waals surface area contributed by atoms with E-state index in [2.05, 4.69) is 5.32 Å². The number of hydrogen-bond donors (Lipinski definition) is 2. The Bertz CT molecular complexity index is 1250. The topological polar surface area (TPSA) is 101 Å². The molecule has 3 aliphatic rings. The number of ether oxygens (including phenoxy) is 1. The molecular weight excluding hydrogens is 460 g/mol. The quantitative estimate of drug-likeness (QED) is 0.658. The van der Waals surface area contributed by atoms with Crippen LogP contribution < -0.4 is 10.7 Å². The Morgan fingerprint density at radius 2 is 2.09 bits per heavy atom. The van der Waals surface area contributed by atoms with Crippen LogP contribution in [0.2, 0.25) is 5.02 Å². The lowest BCUT2D eigenvalue weighted by molar-refractivity contribution is 0.00374. The summed E-state index contributed by atoms with van der Waals surface area (Å²) in [4.78, 5) is 40.5. The van der Waals surface area contributed by atoms with Crippen LogP contribution in [0, 0.1) is 11.6 Å². The molecule has 5 rings (SSSR count). The van der Waals surface area contributed by atoms with Crippen LogP contribution in [0.25, 0.3) is 0 Å². The SMILES string of the molecule is O=C(NCc1ccc(F)c(Cl)c1F)c1cn2c(c(O)c1=O)C(=O)N1CCCC[C@]13COC[C@H]23. The monoisotopic (exact) mass is 479 g/mol. The van der Waals surface area contributed by atoms with Gasteiger partial charge < -0.3 is 24.6 Å². The average Bonchev–Trinajstić information content (AvgIpc) is 3.22. The highest BCUT2D eigenvalue weighted by molar-refractivity contribution is 6.30. The maximum atomic E-state index is 14.1. The van der Waals surface area contributed by atoms with Crippen LogP contribution in [0.5, 0.6) is 5.75 Å². The number of hydrogen-bond acceptors (Lipinski definition) is 5. The Balaban J connectivity index is 1.51. The van der Waals surface area contributed by atoms with E-state index in [0.29, 0.717) is 19.6 Å². The Morgan fingerprint density at radius 3 is 2.88 bits per heavy atom. The smallest absolute Gasteiger partial charge is 0.275 e. The number of amides is 2. The van der Waals surface area contributed by atoms with E-state index in [4.69, 9.17) is 16.3 Å². The molecule has 8 nitrogen and oxygen atoms in total. The average molecular weight is 480 g/mol. The molecule has 11 heteroatoms. The van der Waals surface area contributed by atoms with E-state index >= 15 is 0 Å². The predicted octanol–water partition coefficient (Wildman–Crippen LogP) is 2.37. The molecule has 0 saturated carbocycles. The third-order valence-electron chi connectivity index (χ3n) is 6.82. The first-order valence-corrected chi connectivity index (χ1v) is 10.9. The van der Waals surface area contributed by atoms with Gasteiger partial charge in [-0.3, -0.25) is 14.4 Å². The fraction of sp³-hybridized carbons (Fsp3) is 0.409. The maximum Gasteiger partial charge on any atom is 0.275 e. The molecule has 1 spiro atoms. The molecule has 0 radical (unpaired) electrons. The van der Waals surface area contributed by atoms with E-state index in [1.54, 1.807) is 4.90 Å². The first kappa shape index (κ1) is 21.8. The molecule has 2 amide bonds. The van der Waals surface area contributed by atoms with Gasteiger partial charge in [-0.05, 0) is 25.3 Å².